The molecule has 6 heteroatoms. The number of rotatable bonds is 9. The van der Waals surface area contributed by atoms with Crippen molar-refractivity contribution in [2.45, 2.75) is 32.5 Å². The molecule has 0 amide bonds. The number of hydrogen-bond acceptors (Lipinski definition) is 3. The zero-order valence-corrected chi connectivity index (χ0v) is 12.8. The lowest BCUT2D eigenvalue weighted by atomic mass is 10.1. The second-order valence-corrected chi connectivity index (χ2v) is 5.17. The summed E-state index contributed by atoms with van der Waals surface area (Å²) >= 11 is 0. The van der Waals surface area contributed by atoms with Crippen LogP contribution in [0, 0.1) is 0 Å². The fourth-order valence-electron chi connectivity index (χ4n) is 2.22. The fourth-order valence-corrected chi connectivity index (χ4v) is 2.22. The van der Waals surface area contributed by atoms with E-state index in [0.29, 0.717) is 12.9 Å². The number of ether oxygens (including phenoxy) is 1. The molecule has 0 saturated carbocycles. The Morgan fingerprint density at radius 2 is 1.57 bits per heavy atom. The van der Waals surface area contributed by atoms with Gasteiger partial charge in [-0.2, -0.15) is 4.57 Å². The van der Waals surface area contributed by atoms with Gasteiger partial charge in [0, 0.05) is 37.1 Å². The first-order chi connectivity index (χ1) is 11.2. The van der Waals surface area contributed by atoms with Crippen LogP contribution in [0.5, 0.6) is 0 Å². The van der Waals surface area contributed by atoms with Gasteiger partial charge in [0.15, 0.2) is 24.8 Å². The molecule has 23 heavy (non-hydrogen) atoms. The van der Waals surface area contributed by atoms with Gasteiger partial charge in [0.25, 0.3) is 13.2 Å². The van der Waals surface area contributed by atoms with Crippen molar-refractivity contribution in [1.82, 2.24) is 0 Å². The van der Waals surface area contributed by atoms with Crippen LogP contribution >= 0.6 is 0 Å². The highest BCUT2D eigenvalue weighted by Crippen LogP contribution is 2.15. The summed E-state index contributed by atoms with van der Waals surface area (Å²) in [6, 6.07) is 7.97. The maximum atomic E-state index is 10.5. The molecule has 0 radical (unpaired) electrons. The minimum Gasteiger partial charge on any atom is -0.481 e. The Kier molecular flexibility index (Phi) is 6.23. The fraction of sp³-hybridized carbons (Fsp3) is 0.294. The van der Waals surface area contributed by atoms with Crippen molar-refractivity contribution in [2.24, 2.45) is 0 Å². The Hall–Kier alpha value is -2.76. The lowest BCUT2D eigenvalue weighted by Crippen LogP contribution is -2.33. The van der Waals surface area contributed by atoms with Crippen molar-refractivity contribution >= 4 is 12.4 Å². The minimum absolute atomic E-state index is 0.203. The van der Waals surface area contributed by atoms with Gasteiger partial charge in [0.2, 0.25) is 0 Å². The number of pyridine rings is 2. The smallest absolute Gasteiger partial charge is 0.303 e. The van der Waals surface area contributed by atoms with Crippen LogP contribution < -0.4 is 9.13 Å². The summed E-state index contributed by atoms with van der Waals surface area (Å²) in [7, 11) is 0. The van der Waals surface area contributed by atoms with Gasteiger partial charge in [-0.15, -0.1) is 0 Å². The average Bonchev–Trinajstić information content (AvgIpc) is 2.58. The van der Waals surface area contributed by atoms with E-state index in [1.165, 1.54) is 0 Å². The van der Waals surface area contributed by atoms with E-state index >= 15 is 0 Å². The molecular weight excluding hydrogens is 296 g/mol. The van der Waals surface area contributed by atoms with Crippen molar-refractivity contribution in [3.05, 3.63) is 49.1 Å². The van der Waals surface area contributed by atoms with Crippen LogP contribution in [0.4, 0.5) is 0 Å². The molecule has 0 spiro atoms. The van der Waals surface area contributed by atoms with E-state index in [4.69, 9.17) is 5.11 Å². The molecule has 0 aliphatic heterocycles. The molecule has 0 aliphatic rings. The van der Waals surface area contributed by atoms with Gasteiger partial charge in [0.05, 0.1) is 0 Å². The first-order valence-electron chi connectivity index (χ1n) is 7.44. The Morgan fingerprint density at radius 3 is 2.09 bits per heavy atom. The second-order valence-electron chi connectivity index (χ2n) is 5.17. The molecule has 0 aromatic carbocycles. The van der Waals surface area contributed by atoms with Gasteiger partial charge in [-0.05, 0) is 17.5 Å². The summed E-state index contributed by atoms with van der Waals surface area (Å²) in [5.41, 5.74) is 2.17. The second kappa shape index (κ2) is 8.63. The summed E-state index contributed by atoms with van der Waals surface area (Å²) in [5.74, 6) is -0.745. The molecule has 6 nitrogen and oxygen atoms in total. The lowest BCUT2D eigenvalue weighted by Gasteiger charge is -2.01. The maximum Gasteiger partial charge on any atom is 0.303 e. The minimum atomic E-state index is -0.745. The zero-order chi connectivity index (χ0) is 16.5. The highest BCUT2D eigenvalue weighted by atomic mass is 16.5. The van der Waals surface area contributed by atoms with E-state index in [1.807, 2.05) is 53.6 Å². The molecule has 2 rings (SSSR count). The van der Waals surface area contributed by atoms with E-state index in [-0.39, 0.29) is 13.2 Å². The number of unbranched alkanes of at least 4 members (excludes halogenated alkanes) is 1. The van der Waals surface area contributed by atoms with Crippen LogP contribution in [0.3, 0.4) is 0 Å². The van der Waals surface area contributed by atoms with Gasteiger partial charge < -0.3 is 9.84 Å². The predicted octanol–water partition coefficient (Wildman–Crippen LogP) is 1.31. The van der Waals surface area contributed by atoms with E-state index in [9.17, 15) is 9.59 Å². The third-order valence-electron chi connectivity index (χ3n) is 3.46. The molecule has 2 heterocycles. The van der Waals surface area contributed by atoms with Crippen LogP contribution in [0.1, 0.15) is 19.3 Å². The molecule has 2 aromatic rings. The molecule has 2 aromatic heterocycles. The van der Waals surface area contributed by atoms with Crippen molar-refractivity contribution in [2.75, 3.05) is 0 Å². The molecule has 0 bridgehead atoms. The quantitative estimate of drug-likeness (QED) is 0.430. The first kappa shape index (κ1) is 16.6. The summed E-state index contributed by atoms with van der Waals surface area (Å²) < 4.78 is 8.50. The van der Waals surface area contributed by atoms with Gasteiger partial charge in [-0.25, -0.2) is 4.57 Å². The summed E-state index contributed by atoms with van der Waals surface area (Å²) in [6.07, 6.45) is 9.44. The van der Waals surface area contributed by atoms with Crippen molar-refractivity contribution in [3.63, 3.8) is 0 Å². The van der Waals surface area contributed by atoms with Gasteiger partial charge >= 0.3 is 5.97 Å². The summed E-state index contributed by atoms with van der Waals surface area (Å²) in [5, 5.41) is 8.61. The molecule has 0 unspecified atom stereocenters. The number of carbonyl (C=O) groups excluding carboxylic acids is 1. The number of carbonyl (C=O) groups is 2. The molecule has 1 N–H and O–H groups in total. The molecule has 0 aliphatic carbocycles. The standard InChI is InChI=1S/C17H19N2O4/c20-14-23-13-19-11-6-16(7-12-19)15-4-9-18(10-5-15)8-2-1-3-17(21)22/h4-7,9-12,14H,1-3,8,13H2/q+1/p+1. The van der Waals surface area contributed by atoms with Crippen LogP contribution in [-0.2, 0) is 27.6 Å². The monoisotopic (exact) mass is 316 g/mol. The van der Waals surface area contributed by atoms with Crippen molar-refractivity contribution < 1.29 is 28.6 Å². The van der Waals surface area contributed by atoms with Crippen molar-refractivity contribution in [1.29, 1.82) is 0 Å². The number of aryl methyl sites for hydroxylation is 1. The molecule has 0 saturated heterocycles. The maximum absolute atomic E-state index is 10.5. The Balaban J connectivity index is 1.91. The summed E-state index contributed by atoms with van der Waals surface area (Å²) in [4.78, 5) is 20.6. The molecular formula is C17H20N2O4+2. The van der Waals surface area contributed by atoms with Crippen LogP contribution in [-0.4, -0.2) is 17.5 Å². The largest absolute Gasteiger partial charge is 0.481 e. The number of aromatic nitrogens is 2. The van der Waals surface area contributed by atoms with Crippen LogP contribution in [0.2, 0.25) is 0 Å². The van der Waals surface area contributed by atoms with E-state index in [1.54, 1.807) is 4.57 Å². The number of aliphatic carboxylic acids is 1. The zero-order valence-electron chi connectivity index (χ0n) is 12.8. The number of carboxylic acid groups (broad SMARTS) is 1. The van der Waals surface area contributed by atoms with Gasteiger partial charge in [-0.3, -0.25) is 9.59 Å². The summed E-state index contributed by atoms with van der Waals surface area (Å²) in [6.45, 7) is 1.44. The topological polar surface area (TPSA) is 71.4 Å². The average molecular weight is 316 g/mol. The molecule has 0 atom stereocenters. The third kappa shape index (κ3) is 5.50. The number of carboxylic acids is 1. The van der Waals surface area contributed by atoms with Crippen LogP contribution in [0.15, 0.2) is 49.1 Å². The Bertz CT molecular complexity index is 639. The van der Waals surface area contributed by atoms with E-state index in [2.05, 4.69) is 4.74 Å². The van der Waals surface area contributed by atoms with Crippen molar-refractivity contribution in [3.8, 4) is 11.1 Å². The molecule has 0 fully saturated rings. The number of nitrogens with zero attached hydrogens (tertiary/aromatic N) is 2. The highest BCUT2D eigenvalue weighted by molar-refractivity contribution is 5.66. The normalized spacial score (nSPS) is 10.3. The third-order valence-corrected chi connectivity index (χ3v) is 3.46. The molecule has 120 valence electrons. The highest BCUT2D eigenvalue weighted by Gasteiger charge is 2.06. The van der Waals surface area contributed by atoms with Gasteiger partial charge in [-0.1, -0.05) is 0 Å². The van der Waals surface area contributed by atoms with Gasteiger partial charge in [0.1, 0.15) is 6.54 Å². The number of hydrogen-bond donors (Lipinski definition) is 1. The van der Waals surface area contributed by atoms with E-state index < -0.39 is 5.97 Å². The lowest BCUT2D eigenvalue weighted by molar-refractivity contribution is -0.726. The SMILES string of the molecule is O=COC[n+]1ccc(-c2cc[n+](CCCCC(=O)O)cc2)cc1. The predicted molar refractivity (Wildman–Crippen MR) is 80.9 cm³/mol. The van der Waals surface area contributed by atoms with E-state index in [0.717, 1.165) is 24.1 Å². The first-order valence-corrected chi connectivity index (χ1v) is 7.44. The Morgan fingerprint density at radius 1 is 1.00 bits per heavy atom. The Labute approximate surface area is 134 Å². The van der Waals surface area contributed by atoms with Crippen LogP contribution in [0.25, 0.3) is 11.1 Å².